The van der Waals surface area contributed by atoms with Gasteiger partial charge in [0.15, 0.2) is 0 Å². The van der Waals surface area contributed by atoms with Crippen LogP contribution in [0, 0.1) is 5.92 Å². The van der Waals surface area contributed by atoms with E-state index >= 15 is 0 Å². The number of nitrogens with one attached hydrogen (secondary N) is 3. The normalized spacial score (nSPS) is 23.6. The lowest BCUT2D eigenvalue weighted by Crippen LogP contribution is -2.47. The van der Waals surface area contributed by atoms with Crippen LogP contribution in [0.3, 0.4) is 0 Å². The summed E-state index contributed by atoms with van der Waals surface area (Å²) in [7, 11) is -13.4. The Bertz CT molecular complexity index is 2860. The number of carboxylic acids is 1. The van der Waals surface area contributed by atoms with Crippen LogP contribution in [0.25, 0.3) is 0 Å². The molecule has 420 valence electrons. The average molecular weight is 1120 g/mol. The smallest absolute Gasteiger partial charge is 0.303 e. The molecule has 0 spiro atoms. The van der Waals surface area contributed by atoms with Crippen molar-refractivity contribution in [3.8, 4) is 0 Å². The van der Waals surface area contributed by atoms with Crippen molar-refractivity contribution < 1.29 is 63.2 Å². The van der Waals surface area contributed by atoms with Crippen molar-refractivity contribution in [1.29, 1.82) is 0 Å². The van der Waals surface area contributed by atoms with Gasteiger partial charge in [-0.05, 0) is 149 Å². The van der Waals surface area contributed by atoms with Crippen LogP contribution in [0.15, 0.2) is 93.9 Å². The van der Waals surface area contributed by atoms with Crippen LogP contribution in [-0.2, 0) is 66.8 Å². The number of carboxylic acid groups (broad SMARTS) is 1. The second kappa shape index (κ2) is 27.9. The lowest BCUT2D eigenvalue weighted by molar-refractivity contribution is -0.137. The lowest BCUT2D eigenvalue weighted by atomic mass is 9.71. The topological polar surface area (TPSA) is 291 Å². The zero-order chi connectivity index (χ0) is 55.7. The fourth-order valence-electron chi connectivity index (χ4n) is 10.6. The molecule has 1 aliphatic carbocycles. The highest BCUT2D eigenvalue weighted by Crippen LogP contribution is 2.51. The number of amides is 3. The van der Waals surface area contributed by atoms with Crippen LogP contribution >= 0.6 is 0 Å². The van der Waals surface area contributed by atoms with Gasteiger partial charge in [0.1, 0.15) is 6.04 Å². The van der Waals surface area contributed by atoms with E-state index < -0.39 is 58.9 Å². The summed E-state index contributed by atoms with van der Waals surface area (Å²) in [5, 5.41) is 17.7. The molecular formula is C55H78N4O14S3. The summed E-state index contributed by atoms with van der Waals surface area (Å²) >= 11 is 0. The Morgan fingerprint density at radius 1 is 0.750 bits per heavy atom. The summed E-state index contributed by atoms with van der Waals surface area (Å²) in [6, 6.07) is 8.23. The van der Waals surface area contributed by atoms with Crippen LogP contribution in [-0.4, -0.2) is 99.1 Å². The number of unbranched alkanes of at least 4 members (excludes halogenated alkanes) is 2. The van der Waals surface area contributed by atoms with Gasteiger partial charge in [0.05, 0.1) is 15.5 Å². The maximum Gasteiger partial charge on any atom is 0.303 e. The Balaban J connectivity index is 1.46. The molecule has 2 aromatic rings. The first-order valence-electron chi connectivity index (χ1n) is 26.6. The van der Waals surface area contributed by atoms with Gasteiger partial charge in [-0.3, -0.25) is 32.8 Å². The number of carbonyl (C=O) groups is 4. The molecule has 3 aliphatic rings. The largest absolute Gasteiger partial charge is 0.481 e. The molecule has 3 atom stereocenters. The number of nitrogens with zero attached hydrogens (tertiary/aromatic N) is 1. The zero-order valence-corrected chi connectivity index (χ0v) is 46.5. The van der Waals surface area contributed by atoms with E-state index in [1.54, 1.807) is 12.1 Å². The van der Waals surface area contributed by atoms with E-state index in [-0.39, 0.29) is 65.7 Å². The molecule has 21 heteroatoms. The Morgan fingerprint density at radius 2 is 1.42 bits per heavy atom. The number of anilines is 1. The van der Waals surface area contributed by atoms with E-state index in [9.17, 15) is 58.1 Å². The van der Waals surface area contributed by atoms with Crippen LogP contribution in [0.5, 0.6) is 0 Å². The SMILES string of the molecule is CC1(C)C2=CCC(CCCCCC(=O)NC(C(=O)NCCCCCC(=O)O)CCCCNC(=O)CCCCCC3(C)/C(=C/C=C/C=C/2)N(CCCS(=O)(=O)O)c2ccc(S(=O)(=O)O)cc23)Cc2ccc(S(=O)(=O)O)cc21. The number of aliphatic carboxylic acids is 1. The Morgan fingerprint density at radius 3 is 2.12 bits per heavy atom. The highest BCUT2D eigenvalue weighted by atomic mass is 32.2. The molecule has 7 N–H and O–H groups in total. The van der Waals surface area contributed by atoms with Gasteiger partial charge in [-0.2, -0.15) is 25.3 Å². The second-order valence-corrected chi connectivity index (χ2v) is 25.5. The molecule has 0 saturated heterocycles. The minimum absolute atomic E-state index is 0.0424. The standard InChI is InChI=1S/C55H78N4O14S3/c1-54(2)42-20-9-5-10-22-49-55(3,46-39-44(76(71,72)73)30-31-48(46)59(49)35-18-36-74(65,66)67)32-15-6-12-23-50(60)56-33-17-14-21-47(53(64)57-34-16-7-13-25-52(62)63)58-51(61)24-11-4-8-19-40(26-28-42)37-41-27-29-43(38-45(41)54)75(68,69)70/h5,9-10,20,22,27-31,38-40,47H,4,6-8,11-19,21,23-26,32-37H2,1-3H3,(H,56,60)(H,57,64)(H,58,61)(H,62,63)(H,65,66,67)(H,68,69,70)(H,71,72,73)/b10-5+,20-9+,42-28?,49-22-. The first-order chi connectivity index (χ1) is 35.8. The summed E-state index contributed by atoms with van der Waals surface area (Å²) in [4.78, 5) is 51.9. The second-order valence-electron chi connectivity index (χ2n) is 21.1. The number of rotatable bonds is 13. The molecule has 3 amide bonds. The van der Waals surface area contributed by atoms with Crippen molar-refractivity contribution in [3.05, 3.63) is 101 Å². The molecular weight excluding hydrogens is 1040 g/mol. The third kappa shape index (κ3) is 18.5. The first-order valence-corrected chi connectivity index (χ1v) is 31.1. The van der Waals surface area contributed by atoms with Crippen molar-refractivity contribution in [2.24, 2.45) is 5.92 Å². The quantitative estimate of drug-likeness (QED) is 0.0731. The molecule has 2 aliphatic heterocycles. The third-order valence-corrected chi connectivity index (χ3v) is 17.4. The molecule has 3 unspecified atom stereocenters. The van der Waals surface area contributed by atoms with Gasteiger partial charge in [-0.1, -0.05) is 82.4 Å². The van der Waals surface area contributed by atoms with Gasteiger partial charge in [-0.25, -0.2) is 0 Å². The average Bonchev–Trinajstić information content (AvgIpc) is 3.56. The molecule has 2 heterocycles. The zero-order valence-electron chi connectivity index (χ0n) is 44.1. The van der Waals surface area contributed by atoms with Crippen molar-refractivity contribution >= 4 is 59.7 Å². The minimum atomic E-state index is -4.62. The molecule has 0 saturated carbocycles. The fourth-order valence-corrected chi connectivity index (χ4v) is 12.1. The first kappa shape index (κ1) is 61.7. The molecule has 0 radical (unpaired) electrons. The third-order valence-electron chi connectivity index (χ3n) is 14.9. The maximum absolute atomic E-state index is 13.4. The fraction of sp³-hybridized carbons (Fsp3) is 0.564. The van der Waals surface area contributed by atoms with Crippen LogP contribution in [0.4, 0.5) is 5.69 Å². The van der Waals surface area contributed by atoms with E-state index in [4.69, 9.17) is 5.11 Å². The van der Waals surface area contributed by atoms with Crippen molar-refractivity contribution in [1.82, 2.24) is 16.0 Å². The Labute approximate surface area is 449 Å². The highest BCUT2D eigenvalue weighted by Gasteiger charge is 2.43. The number of hydrogen-bond donors (Lipinski definition) is 7. The number of hydrogen-bond acceptors (Lipinski definition) is 11. The lowest BCUT2D eigenvalue weighted by Gasteiger charge is -2.33. The van der Waals surface area contributed by atoms with E-state index in [1.165, 1.54) is 24.3 Å². The van der Waals surface area contributed by atoms with E-state index in [1.807, 2.05) is 56.1 Å². The van der Waals surface area contributed by atoms with Gasteiger partial charge in [0, 0.05) is 61.1 Å². The van der Waals surface area contributed by atoms with Crippen LogP contribution in [0.2, 0.25) is 0 Å². The maximum atomic E-state index is 13.4. The summed E-state index contributed by atoms with van der Waals surface area (Å²) in [6.07, 6.45) is 21.8. The predicted octanol–water partition coefficient (Wildman–Crippen LogP) is 8.45. The number of carbonyl (C=O) groups excluding carboxylic acids is 3. The number of allylic oxidation sites excluding steroid dienone is 8. The van der Waals surface area contributed by atoms with E-state index in [0.29, 0.717) is 108 Å². The van der Waals surface area contributed by atoms with E-state index in [2.05, 4.69) is 22.0 Å². The molecule has 76 heavy (non-hydrogen) atoms. The van der Waals surface area contributed by atoms with Gasteiger partial charge in [-0.15, -0.1) is 0 Å². The Hall–Kier alpha value is -5.19. The van der Waals surface area contributed by atoms with Crippen molar-refractivity contribution in [3.63, 3.8) is 0 Å². The molecule has 0 aromatic heterocycles. The monoisotopic (exact) mass is 1110 g/mol. The Kier molecular flexibility index (Phi) is 22.7. The van der Waals surface area contributed by atoms with Crippen LogP contribution < -0.4 is 20.9 Å². The van der Waals surface area contributed by atoms with Crippen molar-refractivity contribution in [2.45, 2.75) is 176 Å². The molecule has 18 nitrogen and oxygen atoms in total. The van der Waals surface area contributed by atoms with Gasteiger partial charge in [0.2, 0.25) is 17.7 Å². The summed E-state index contributed by atoms with van der Waals surface area (Å²) < 4.78 is 103. The predicted molar refractivity (Wildman–Crippen MR) is 292 cm³/mol. The number of fused-ring (bicyclic) bond motifs is 6. The molecule has 2 bridgehead atoms. The van der Waals surface area contributed by atoms with Gasteiger partial charge in [0.25, 0.3) is 30.4 Å². The van der Waals surface area contributed by atoms with Gasteiger partial charge < -0.3 is 26.0 Å². The summed E-state index contributed by atoms with van der Waals surface area (Å²) in [6.45, 7) is 6.81. The molecule has 5 rings (SSSR count). The van der Waals surface area contributed by atoms with Gasteiger partial charge >= 0.3 is 5.97 Å². The molecule has 0 fully saturated rings. The van der Waals surface area contributed by atoms with Crippen LogP contribution in [0.1, 0.15) is 159 Å². The number of benzene rings is 2. The highest BCUT2D eigenvalue weighted by molar-refractivity contribution is 7.86. The molecule has 2 aromatic carbocycles. The summed E-state index contributed by atoms with van der Waals surface area (Å²) in [5.74, 6) is -1.94. The van der Waals surface area contributed by atoms with Crippen molar-refractivity contribution in [2.75, 3.05) is 30.3 Å². The van der Waals surface area contributed by atoms with E-state index in [0.717, 1.165) is 41.7 Å². The summed E-state index contributed by atoms with van der Waals surface area (Å²) in [5.41, 5.74) is 2.94. The minimum Gasteiger partial charge on any atom is -0.481 e.